The number of hydrogen-bond acceptors (Lipinski definition) is 3. The molecule has 0 aliphatic rings. The highest BCUT2D eigenvalue weighted by Gasteiger charge is 2.18. The van der Waals surface area contributed by atoms with Crippen LogP contribution in [0.15, 0.2) is 41.5 Å². The second kappa shape index (κ2) is 5.49. The molecule has 0 bridgehead atoms. The molecule has 0 saturated heterocycles. The molecule has 2 heterocycles. The molecule has 2 aromatic rings. The highest BCUT2D eigenvalue weighted by molar-refractivity contribution is 7.10. The Morgan fingerprint density at radius 3 is 3.06 bits per heavy atom. The highest BCUT2D eigenvalue weighted by atomic mass is 35.5. The normalized spacial score (nSPS) is 12.6. The van der Waals surface area contributed by atoms with Gasteiger partial charge in [-0.2, -0.15) is 0 Å². The van der Waals surface area contributed by atoms with E-state index < -0.39 is 0 Å². The Morgan fingerprint density at radius 2 is 2.53 bits per heavy atom. The van der Waals surface area contributed by atoms with Crippen molar-refractivity contribution in [1.29, 1.82) is 0 Å². The molecule has 1 unspecified atom stereocenters. The van der Waals surface area contributed by atoms with Gasteiger partial charge in [0.25, 0.3) is 0 Å². The van der Waals surface area contributed by atoms with E-state index in [1.54, 1.807) is 17.5 Å². The lowest BCUT2D eigenvalue weighted by atomic mass is 10.2. The van der Waals surface area contributed by atoms with Gasteiger partial charge in [-0.1, -0.05) is 24.2 Å². The van der Waals surface area contributed by atoms with Gasteiger partial charge >= 0.3 is 0 Å². The lowest BCUT2D eigenvalue weighted by Crippen LogP contribution is -2.25. The predicted octanol–water partition coefficient (Wildman–Crippen LogP) is 2.91. The van der Waals surface area contributed by atoms with Crippen molar-refractivity contribution in [2.75, 3.05) is 6.54 Å². The van der Waals surface area contributed by atoms with E-state index in [0.29, 0.717) is 11.6 Å². The van der Waals surface area contributed by atoms with Crippen LogP contribution in [0.3, 0.4) is 0 Å². The number of nitrogens with zero attached hydrogens (tertiary/aromatic N) is 2. The van der Waals surface area contributed by atoms with E-state index in [-0.39, 0.29) is 6.04 Å². The molecule has 0 aromatic carbocycles. The summed E-state index contributed by atoms with van der Waals surface area (Å²) in [5, 5.41) is 6.02. The van der Waals surface area contributed by atoms with Gasteiger partial charge in [0.05, 0.1) is 0 Å². The quantitative estimate of drug-likeness (QED) is 0.903. The molecule has 0 fully saturated rings. The number of thiophene rings is 1. The maximum atomic E-state index is 5.80. The molecule has 5 heteroatoms. The summed E-state index contributed by atoms with van der Waals surface area (Å²) in [5.41, 5.74) is 0. The van der Waals surface area contributed by atoms with Crippen molar-refractivity contribution in [2.24, 2.45) is 7.05 Å². The molecule has 90 valence electrons. The second-order valence-corrected chi connectivity index (χ2v) is 5.26. The summed E-state index contributed by atoms with van der Waals surface area (Å²) in [6, 6.07) is 4.19. The van der Waals surface area contributed by atoms with Gasteiger partial charge in [-0.25, -0.2) is 4.98 Å². The third-order valence-electron chi connectivity index (χ3n) is 2.44. The van der Waals surface area contributed by atoms with Crippen LogP contribution >= 0.6 is 22.9 Å². The molecule has 3 nitrogen and oxygen atoms in total. The van der Waals surface area contributed by atoms with Gasteiger partial charge < -0.3 is 4.57 Å². The van der Waals surface area contributed by atoms with Crippen LogP contribution in [0.2, 0.25) is 0 Å². The molecular weight excluding hydrogens is 254 g/mol. The summed E-state index contributed by atoms with van der Waals surface area (Å²) in [7, 11) is 1.99. The Bertz CT molecular complexity index is 490. The Labute approximate surface area is 110 Å². The smallest absolute Gasteiger partial charge is 0.131 e. The van der Waals surface area contributed by atoms with Crippen LogP contribution in [0.4, 0.5) is 0 Å². The third-order valence-corrected chi connectivity index (χ3v) is 3.51. The zero-order valence-corrected chi connectivity index (χ0v) is 11.1. The van der Waals surface area contributed by atoms with Crippen LogP contribution < -0.4 is 5.32 Å². The Morgan fingerprint density at radius 1 is 1.71 bits per heavy atom. The first-order valence-corrected chi connectivity index (χ1v) is 6.51. The molecule has 0 radical (unpaired) electrons. The largest absolute Gasteiger partial charge is 0.336 e. The zero-order chi connectivity index (χ0) is 12.3. The molecule has 0 saturated carbocycles. The first-order valence-electron chi connectivity index (χ1n) is 5.25. The van der Waals surface area contributed by atoms with Crippen molar-refractivity contribution >= 4 is 22.9 Å². The second-order valence-electron chi connectivity index (χ2n) is 3.74. The molecule has 0 aliphatic heterocycles. The van der Waals surface area contributed by atoms with E-state index in [1.807, 2.05) is 23.9 Å². The Hall–Kier alpha value is -1.10. The van der Waals surface area contributed by atoms with E-state index in [9.17, 15) is 0 Å². The van der Waals surface area contributed by atoms with E-state index >= 15 is 0 Å². The van der Waals surface area contributed by atoms with Crippen LogP contribution in [0.1, 0.15) is 16.7 Å². The first kappa shape index (κ1) is 12.4. The van der Waals surface area contributed by atoms with Crippen LogP contribution in [0.25, 0.3) is 0 Å². The number of nitrogens with one attached hydrogen (secondary N) is 1. The summed E-state index contributed by atoms with van der Waals surface area (Å²) >= 11 is 7.50. The van der Waals surface area contributed by atoms with Crippen LogP contribution in [-0.2, 0) is 7.05 Å². The van der Waals surface area contributed by atoms with Crippen LogP contribution in [0, 0.1) is 0 Å². The topological polar surface area (TPSA) is 29.9 Å². The minimum atomic E-state index is 0.0606. The monoisotopic (exact) mass is 267 g/mol. The van der Waals surface area contributed by atoms with Gasteiger partial charge in [-0.3, -0.25) is 5.32 Å². The number of rotatable bonds is 5. The SMILES string of the molecule is C=C(Cl)CNC(c1cccs1)c1nccn1C. The number of imidazole rings is 1. The summed E-state index contributed by atoms with van der Waals surface area (Å²) in [6.45, 7) is 4.26. The molecule has 0 amide bonds. The van der Waals surface area contributed by atoms with Crippen molar-refractivity contribution in [2.45, 2.75) is 6.04 Å². The van der Waals surface area contributed by atoms with Gasteiger partial charge in [0.15, 0.2) is 0 Å². The van der Waals surface area contributed by atoms with E-state index in [4.69, 9.17) is 11.6 Å². The molecule has 0 spiro atoms. The lowest BCUT2D eigenvalue weighted by molar-refractivity contribution is 0.597. The Balaban J connectivity index is 2.25. The fraction of sp³-hybridized carbons (Fsp3) is 0.250. The highest BCUT2D eigenvalue weighted by Crippen LogP contribution is 2.24. The fourth-order valence-corrected chi connectivity index (χ4v) is 2.52. The molecule has 2 rings (SSSR count). The van der Waals surface area contributed by atoms with Gasteiger partial charge in [-0.15, -0.1) is 11.3 Å². The molecule has 0 aliphatic carbocycles. The average Bonchev–Trinajstić information content (AvgIpc) is 2.91. The summed E-state index contributed by atoms with van der Waals surface area (Å²) in [5.74, 6) is 0.977. The molecule has 1 atom stereocenters. The van der Waals surface area contributed by atoms with Gasteiger partial charge in [0.2, 0.25) is 0 Å². The summed E-state index contributed by atoms with van der Waals surface area (Å²) < 4.78 is 2.01. The van der Waals surface area contributed by atoms with E-state index in [1.165, 1.54) is 4.88 Å². The van der Waals surface area contributed by atoms with Crippen molar-refractivity contribution < 1.29 is 0 Å². The van der Waals surface area contributed by atoms with Crippen molar-refractivity contribution in [3.8, 4) is 0 Å². The minimum Gasteiger partial charge on any atom is -0.336 e. The fourth-order valence-electron chi connectivity index (χ4n) is 1.64. The minimum absolute atomic E-state index is 0.0606. The third kappa shape index (κ3) is 2.97. The van der Waals surface area contributed by atoms with Crippen LogP contribution in [0.5, 0.6) is 0 Å². The number of aromatic nitrogens is 2. The van der Waals surface area contributed by atoms with E-state index in [2.05, 4.69) is 28.3 Å². The van der Waals surface area contributed by atoms with Crippen molar-refractivity contribution in [3.63, 3.8) is 0 Å². The summed E-state index contributed by atoms with van der Waals surface area (Å²) in [6.07, 6.45) is 3.74. The van der Waals surface area contributed by atoms with E-state index in [0.717, 1.165) is 5.82 Å². The van der Waals surface area contributed by atoms with Gasteiger partial charge in [0, 0.05) is 35.9 Å². The standard InChI is InChI=1S/C12H14ClN3S/c1-9(13)8-15-11(10-4-3-7-17-10)12-14-5-6-16(12)2/h3-7,11,15H,1,8H2,2H3. The van der Waals surface area contributed by atoms with Crippen LogP contribution in [-0.4, -0.2) is 16.1 Å². The van der Waals surface area contributed by atoms with Crippen molar-refractivity contribution in [3.05, 3.63) is 52.2 Å². The predicted molar refractivity (Wildman–Crippen MR) is 72.4 cm³/mol. The molecule has 1 N–H and O–H groups in total. The number of halogens is 1. The molecule has 17 heavy (non-hydrogen) atoms. The maximum Gasteiger partial charge on any atom is 0.131 e. The summed E-state index contributed by atoms with van der Waals surface area (Å²) in [4.78, 5) is 5.60. The molecular formula is C12H14ClN3S. The molecule has 2 aromatic heterocycles. The Kier molecular flexibility index (Phi) is 3.99. The maximum absolute atomic E-state index is 5.80. The average molecular weight is 268 g/mol. The van der Waals surface area contributed by atoms with Gasteiger partial charge in [-0.05, 0) is 11.4 Å². The first-order chi connectivity index (χ1) is 8.18. The lowest BCUT2D eigenvalue weighted by Gasteiger charge is -2.16. The number of hydrogen-bond donors (Lipinski definition) is 1. The van der Waals surface area contributed by atoms with Crippen molar-refractivity contribution in [1.82, 2.24) is 14.9 Å². The zero-order valence-electron chi connectivity index (χ0n) is 9.56. The number of aryl methyl sites for hydroxylation is 1. The van der Waals surface area contributed by atoms with Gasteiger partial charge in [0.1, 0.15) is 11.9 Å².